The number of hydrogen-bond donors (Lipinski definition) is 2. The van der Waals surface area contributed by atoms with E-state index in [1.165, 1.54) is 11.8 Å². The number of aryl methyl sites for hydroxylation is 1. The number of ether oxygens (including phenoxy) is 1. The van der Waals surface area contributed by atoms with Crippen LogP contribution in [0.2, 0.25) is 0 Å². The Morgan fingerprint density at radius 1 is 1.30 bits per heavy atom. The molecule has 1 aromatic heterocycles. The molecule has 0 aliphatic carbocycles. The van der Waals surface area contributed by atoms with Crippen molar-refractivity contribution in [1.82, 2.24) is 14.8 Å². The minimum atomic E-state index is -0.375. The lowest BCUT2D eigenvalue weighted by molar-refractivity contribution is -0.118. The quantitative estimate of drug-likeness (QED) is 0.600. The Balaban J connectivity index is 2.03. The lowest BCUT2D eigenvalue weighted by Gasteiger charge is -2.12. The number of thioether (sulfide) groups is 1. The van der Waals surface area contributed by atoms with Gasteiger partial charge >= 0.3 is 0 Å². The van der Waals surface area contributed by atoms with Gasteiger partial charge in [0.2, 0.25) is 11.8 Å². The van der Waals surface area contributed by atoms with E-state index in [1.54, 1.807) is 19.2 Å². The topological polar surface area (TPSA) is 112 Å². The fourth-order valence-electron chi connectivity index (χ4n) is 2.46. The molecule has 0 fully saturated rings. The normalized spacial score (nSPS) is 10.8. The van der Waals surface area contributed by atoms with Crippen LogP contribution >= 0.6 is 11.8 Å². The van der Waals surface area contributed by atoms with Gasteiger partial charge in [0.25, 0.3) is 0 Å². The van der Waals surface area contributed by atoms with E-state index in [0.717, 1.165) is 0 Å². The summed E-state index contributed by atoms with van der Waals surface area (Å²) in [5.41, 5.74) is 5.85. The van der Waals surface area contributed by atoms with E-state index in [1.807, 2.05) is 16.7 Å². The van der Waals surface area contributed by atoms with Gasteiger partial charge in [-0.3, -0.25) is 9.59 Å². The van der Waals surface area contributed by atoms with Gasteiger partial charge in [-0.1, -0.05) is 37.7 Å². The number of carbonyl (C=O) groups excluding carboxylic acids is 2. The van der Waals surface area contributed by atoms with Gasteiger partial charge in [0, 0.05) is 19.4 Å². The minimum absolute atomic E-state index is 0.165. The summed E-state index contributed by atoms with van der Waals surface area (Å²) in [6.07, 6.45) is 0.651. The number of benzene rings is 1. The smallest absolute Gasteiger partial charge is 0.234 e. The number of aromatic nitrogens is 3. The molecule has 2 rings (SSSR count). The Bertz CT molecular complexity index is 791. The van der Waals surface area contributed by atoms with Crippen molar-refractivity contribution in [2.75, 3.05) is 18.2 Å². The van der Waals surface area contributed by atoms with Gasteiger partial charge in [0.15, 0.2) is 5.16 Å². The maximum Gasteiger partial charge on any atom is 0.234 e. The fraction of sp³-hybridized carbons (Fsp3) is 0.444. The zero-order chi connectivity index (χ0) is 19.8. The molecule has 0 saturated heterocycles. The van der Waals surface area contributed by atoms with Crippen molar-refractivity contribution in [3.8, 4) is 5.75 Å². The van der Waals surface area contributed by atoms with Crippen molar-refractivity contribution in [3.05, 3.63) is 30.1 Å². The summed E-state index contributed by atoms with van der Waals surface area (Å²) in [4.78, 5) is 23.4. The van der Waals surface area contributed by atoms with Gasteiger partial charge in [0.1, 0.15) is 11.6 Å². The van der Waals surface area contributed by atoms with Crippen LogP contribution in [0.1, 0.15) is 26.1 Å². The molecule has 2 amide bonds. The molecule has 2 aromatic rings. The number of carbonyl (C=O) groups is 2. The van der Waals surface area contributed by atoms with E-state index in [4.69, 9.17) is 10.5 Å². The van der Waals surface area contributed by atoms with E-state index in [0.29, 0.717) is 41.3 Å². The van der Waals surface area contributed by atoms with Crippen molar-refractivity contribution in [2.45, 2.75) is 38.4 Å². The van der Waals surface area contributed by atoms with Gasteiger partial charge in [0.05, 0.1) is 18.6 Å². The molecular formula is C18H25N5O3S. The Morgan fingerprint density at radius 3 is 2.70 bits per heavy atom. The van der Waals surface area contributed by atoms with E-state index < -0.39 is 0 Å². The Labute approximate surface area is 162 Å². The molecule has 0 bridgehead atoms. The average Bonchev–Trinajstić information content (AvgIpc) is 2.99. The number of para-hydroxylation sites is 2. The lowest BCUT2D eigenvalue weighted by atomic mass is 10.2. The first kappa shape index (κ1) is 20.8. The van der Waals surface area contributed by atoms with E-state index >= 15 is 0 Å². The molecule has 3 N–H and O–H groups in total. The van der Waals surface area contributed by atoms with Crippen LogP contribution in [0, 0.1) is 5.92 Å². The first-order valence-corrected chi connectivity index (χ1v) is 9.65. The van der Waals surface area contributed by atoms with Crippen LogP contribution in [0.15, 0.2) is 29.4 Å². The molecule has 0 spiro atoms. The zero-order valence-electron chi connectivity index (χ0n) is 15.8. The van der Waals surface area contributed by atoms with Gasteiger partial charge in [-0.15, -0.1) is 10.2 Å². The van der Waals surface area contributed by atoms with E-state index in [-0.39, 0.29) is 24.0 Å². The van der Waals surface area contributed by atoms with Crippen LogP contribution in [0.5, 0.6) is 5.75 Å². The van der Waals surface area contributed by atoms with Crippen LogP contribution in [0.4, 0.5) is 5.69 Å². The Hall–Kier alpha value is -2.55. The van der Waals surface area contributed by atoms with Gasteiger partial charge in [-0.2, -0.15) is 0 Å². The molecule has 0 aliphatic rings. The molecule has 0 atom stereocenters. The van der Waals surface area contributed by atoms with Crippen molar-refractivity contribution in [2.24, 2.45) is 11.7 Å². The molecule has 27 heavy (non-hydrogen) atoms. The summed E-state index contributed by atoms with van der Waals surface area (Å²) >= 11 is 1.31. The molecular weight excluding hydrogens is 366 g/mol. The van der Waals surface area contributed by atoms with E-state index in [9.17, 15) is 9.59 Å². The van der Waals surface area contributed by atoms with Crippen LogP contribution in [0.3, 0.4) is 0 Å². The van der Waals surface area contributed by atoms with Crippen LogP contribution < -0.4 is 15.8 Å². The first-order chi connectivity index (χ1) is 12.9. The van der Waals surface area contributed by atoms with Crippen molar-refractivity contribution >= 4 is 29.3 Å². The molecule has 1 heterocycles. The number of nitrogens with zero attached hydrogens (tertiary/aromatic N) is 3. The van der Waals surface area contributed by atoms with Crippen LogP contribution in [-0.4, -0.2) is 39.4 Å². The van der Waals surface area contributed by atoms with Gasteiger partial charge < -0.3 is 20.4 Å². The molecule has 8 nitrogen and oxygen atoms in total. The summed E-state index contributed by atoms with van der Waals surface area (Å²) in [7, 11) is 1.56. The van der Waals surface area contributed by atoms with Crippen molar-refractivity contribution < 1.29 is 14.3 Å². The van der Waals surface area contributed by atoms with Crippen molar-refractivity contribution in [3.63, 3.8) is 0 Å². The number of nitrogens with two attached hydrogens (primary N) is 1. The number of primary amides is 1. The monoisotopic (exact) mass is 391 g/mol. The Kier molecular flexibility index (Phi) is 7.66. The number of rotatable bonds is 10. The third-order valence-electron chi connectivity index (χ3n) is 3.65. The van der Waals surface area contributed by atoms with Gasteiger partial charge in [-0.05, 0) is 18.1 Å². The third kappa shape index (κ3) is 6.28. The lowest BCUT2D eigenvalue weighted by Crippen LogP contribution is -2.17. The molecule has 146 valence electrons. The molecule has 0 aliphatic heterocycles. The predicted octanol–water partition coefficient (Wildman–Crippen LogP) is 2.09. The summed E-state index contributed by atoms with van der Waals surface area (Å²) in [5.74, 6) is 1.32. The third-order valence-corrected chi connectivity index (χ3v) is 4.62. The summed E-state index contributed by atoms with van der Waals surface area (Å²) in [6.45, 7) is 4.87. The predicted molar refractivity (Wildman–Crippen MR) is 105 cm³/mol. The van der Waals surface area contributed by atoms with E-state index in [2.05, 4.69) is 29.4 Å². The second-order valence-electron chi connectivity index (χ2n) is 6.41. The maximum atomic E-state index is 12.3. The number of nitrogens with one attached hydrogen (secondary N) is 1. The number of hydrogen-bond acceptors (Lipinski definition) is 6. The largest absolute Gasteiger partial charge is 0.495 e. The summed E-state index contributed by atoms with van der Waals surface area (Å²) < 4.78 is 7.19. The first-order valence-electron chi connectivity index (χ1n) is 8.66. The highest BCUT2D eigenvalue weighted by Crippen LogP contribution is 2.24. The van der Waals surface area contributed by atoms with Crippen LogP contribution in [-0.2, 0) is 22.6 Å². The fourth-order valence-corrected chi connectivity index (χ4v) is 3.23. The van der Waals surface area contributed by atoms with Gasteiger partial charge in [-0.25, -0.2) is 0 Å². The highest BCUT2D eigenvalue weighted by Gasteiger charge is 2.16. The molecule has 0 saturated carbocycles. The summed E-state index contributed by atoms with van der Waals surface area (Å²) in [5, 5.41) is 11.8. The number of anilines is 1. The molecule has 9 heteroatoms. The molecule has 1 aromatic carbocycles. The zero-order valence-corrected chi connectivity index (χ0v) is 16.6. The standard InChI is InChI=1S/C18H25N5O3S/c1-12(2)10-23-16(9-8-15(19)24)21-22-18(23)27-11-17(25)20-13-6-4-5-7-14(13)26-3/h4-7,12H,8-11H2,1-3H3,(H2,19,24)(H,20,25). The minimum Gasteiger partial charge on any atom is -0.495 e. The second kappa shape index (κ2) is 9.96. The second-order valence-corrected chi connectivity index (χ2v) is 7.35. The number of amides is 2. The SMILES string of the molecule is COc1ccccc1NC(=O)CSc1nnc(CCC(N)=O)n1CC(C)C. The molecule has 0 unspecified atom stereocenters. The number of methoxy groups -OCH3 is 1. The Morgan fingerprint density at radius 2 is 2.04 bits per heavy atom. The highest BCUT2D eigenvalue weighted by molar-refractivity contribution is 7.99. The summed E-state index contributed by atoms with van der Waals surface area (Å²) in [6, 6.07) is 7.23. The molecule has 0 radical (unpaired) electrons. The highest BCUT2D eigenvalue weighted by atomic mass is 32.2. The maximum absolute atomic E-state index is 12.3. The van der Waals surface area contributed by atoms with Crippen LogP contribution in [0.25, 0.3) is 0 Å². The average molecular weight is 391 g/mol. The van der Waals surface area contributed by atoms with Crippen molar-refractivity contribution in [1.29, 1.82) is 0 Å².